The molecule has 0 bridgehead atoms. The SMILES string of the molecule is C=CCN(Cc1nc2ccc(Cl)cc2n1CC)C(=O)c1ccc(F)c(Cl)c1. The number of nitrogens with zero attached hydrogens (tertiary/aromatic N) is 3. The Kier molecular flexibility index (Phi) is 5.82. The number of carbonyl (C=O) groups is 1. The number of halogens is 3. The van der Waals surface area contributed by atoms with Gasteiger partial charge in [0.15, 0.2) is 0 Å². The minimum atomic E-state index is -0.562. The number of imidazole rings is 1. The summed E-state index contributed by atoms with van der Waals surface area (Å²) in [5, 5.41) is 0.540. The highest BCUT2D eigenvalue weighted by Gasteiger charge is 2.20. The highest BCUT2D eigenvalue weighted by atomic mass is 35.5. The molecule has 0 aliphatic carbocycles. The maximum absolute atomic E-state index is 13.4. The van der Waals surface area contributed by atoms with E-state index in [9.17, 15) is 9.18 Å². The normalized spacial score (nSPS) is 11.0. The van der Waals surface area contributed by atoms with Crippen LogP contribution in [0.5, 0.6) is 0 Å². The third-order valence-corrected chi connectivity index (χ3v) is 4.77. The van der Waals surface area contributed by atoms with Crippen LogP contribution in [0.2, 0.25) is 10.0 Å². The van der Waals surface area contributed by atoms with Crippen molar-refractivity contribution in [1.82, 2.24) is 14.5 Å². The summed E-state index contributed by atoms with van der Waals surface area (Å²) in [6.07, 6.45) is 1.64. The van der Waals surface area contributed by atoms with Gasteiger partial charge in [0.25, 0.3) is 5.91 Å². The lowest BCUT2D eigenvalue weighted by Gasteiger charge is -2.21. The standard InChI is InChI=1S/C20H18Cl2FN3O/c1-3-9-25(20(27)13-5-7-16(23)15(22)10-13)12-19-24-17-8-6-14(21)11-18(17)26(19)4-2/h3,5-8,10-11H,1,4,9,12H2,2H3. The molecule has 4 nitrogen and oxygen atoms in total. The van der Waals surface area contributed by atoms with Crippen molar-refractivity contribution in [3.8, 4) is 0 Å². The molecule has 0 spiro atoms. The van der Waals surface area contributed by atoms with Crippen molar-refractivity contribution in [3.05, 3.63) is 76.3 Å². The van der Waals surface area contributed by atoms with E-state index in [1.54, 1.807) is 17.0 Å². The Morgan fingerprint density at radius 3 is 2.74 bits per heavy atom. The van der Waals surface area contributed by atoms with E-state index in [1.165, 1.54) is 18.2 Å². The van der Waals surface area contributed by atoms with Crippen LogP contribution in [-0.4, -0.2) is 26.9 Å². The summed E-state index contributed by atoms with van der Waals surface area (Å²) in [6, 6.07) is 9.43. The second-order valence-electron chi connectivity index (χ2n) is 6.01. The first kappa shape index (κ1) is 19.4. The molecule has 7 heteroatoms. The molecular formula is C20H18Cl2FN3O. The van der Waals surface area contributed by atoms with E-state index in [-0.39, 0.29) is 17.5 Å². The molecule has 27 heavy (non-hydrogen) atoms. The number of amides is 1. The van der Waals surface area contributed by atoms with Crippen LogP contribution < -0.4 is 0 Å². The van der Waals surface area contributed by atoms with Gasteiger partial charge in [-0.2, -0.15) is 0 Å². The van der Waals surface area contributed by atoms with Crippen LogP contribution in [0, 0.1) is 5.82 Å². The van der Waals surface area contributed by atoms with Gasteiger partial charge in [-0.1, -0.05) is 29.3 Å². The zero-order valence-electron chi connectivity index (χ0n) is 14.8. The zero-order chi connectivity index (χ0) is 19.6. The van der Waals surface area contributed by atoms with Crippen molar-refractivity contribution < 1.29 is 9.18 Å². The van der Waals surface area contributed by atoms with Crippen molar-refractivity contribution in [1.29, 1.82) is 0 Å². The largest absolute Gasteiger partial charge is 0.327 e. The van der Waals surface area contributed by atoms with Gasteiger partial charge in [0.2, 0.25) is 0 Å². The fourth-order valence-corrected chi connectivity index (χ4v) is 3.32. The summed E-state index contributed by atoms with van der Waals surface area (Å²) in [5.41, 5.74) is 2.04. The molecule has 140 valence electrons. The van der Waals surface area contributed by atoms with Gasteiger partial charge in [-0.05, 0) is 43.3 Å². The second kappa shape index (κ2) is 8.11. The first-order valence-electron chi connectivity index (χ1n) is 8.44. The minimum absolute atomic E-state index is 0.0881. The Labute approximate surface area is 166 Å². The minimum Gasteiger partial charge on any atom is -0.327 e. The first-order chi connectivity index (χ1) is 12.9. The molecule has 0 aliphatic heterocycles. The van der Waals surface area contributed by atoms with Crippen molar-refractivity contribution in [3.63, 3.8) is 0 Å². The molecule has 2 aromatic carbocycles. The quantitative estimate of drug-likeness (QED) is 0.519. The van der Waals surface area contributed by atoms with Gasteiger partial charge in [-0.3, -0.25) is 4.79 Å². The fourth-order valence-electron chi connectivity index (χ4n) is 2.98. The van der Waals surface area contributed by atoms with Crippen LogP contribution in [0.1, 0.15) is 23.1 Å². The van der Waals surface area contributed by atoms with Gasteiger partial charge < -0.3 is 9.47 Å². The molecule has 0 atom stereocenters. The monoisotopic (exact) mass is 405 g/mol. The van der Waals surface area contributed by atoms with E-state index < -0.39 is 5.82 Å². The molecule has 0 fully saturated rings. The number of benzene rings is 2. The maximum Gasteiger partial charge on any atom is 0.254 e. The van der Waals surface area contributed by atoms with E-state index >= 15 is 0 Å². The van der Waals surface area contributed by atoms with Gasteiger partial charge in [0.1, 0.15) is 11.6 Å². The molecule has 1 heterocycles. The molecule has 1 amide bonds. The molecule has 0 N–H and O–H groups in total. The molecule has 0 saturated heterocycles. The summed E-state index contributed by atoms with van der Waals surface area (Å²) >= 11 is 11.9. The summed E-state index contributed by atoms with van der Waals surface area (Å²) in [5.74, 6) is -0.101. The van der Waals surface area contributed by atoms with Crippen LogP contribution in [0.3, 0.4) is 0 Å². The topological polar surface area (TPSA) is 38.1 Å². The maximum atomic E-state index is 13.4. The van der Waals surface area contributed by atoms with Gasteiger partial charge in [-0.15, -0.1) is 6.58 Å². The number of hydrogen-bond acceptors (Lipinski definition) is 2. The average molecular weight is 406 g/mol. The van der Waals surface area contributed by atoms with Gasteiger partial charge in [-0.25, -0.2) is 9.37 Å². The van der Waals surface area contributed by atoms with Crippen LogP contribution in [0.25, 0.3) is 11.0 Å². The number of aryl methyl sites for hydroxylation is 1. The molecule has 3 aromatic rings. The predicted octanol–water partition coefficient (Wildman–Crippen LogP) is 5.33. The average Bonchev–Trinajstić information content (AvgIpc) is 2.99. The van der Waals surface area contributed by atoms with E-state index in [0.29, 0.717) is 23.7 Å². The van der Waals surface area contributed by atoms with Crippen molar-refractivity contribution in [2.24, 2.45) is 0 Å². The Bertz CT molecular complexity index is 1020. The van der Waals surface area contributed by atoms with Crippen LogP contribution >= 0.6 is 23.2 Å². The molecule has 0 radical (unpaired) electrons. The molecule has 1 aromatic heterocycles. The third-order valence-electron chi connectivity index (χ3n) is 4.24. The van der Waals surface area contributed by atoms with Gasteiger partial charge in [0.05, 0.1) is 22.6 Å². The highest BCUT2D eigenvalue weighted by molar-refractivity contribution is 6.31. The van der Waals surface area contributed by atoms with Crippen molar-refractivity contribution in [2.75, 3.05) is 6.54 Å². The summed E-state index contributed by atoms with van der Waals surface area (Å²) in [4.78, 5) is 19.1. The number of fused-ring (bicyclic) bond motifs is 1. The molecule has 0 saturated carbocycles. The lowest BCUT2D eigenvalue weighted by Crippen LogP contribution is -2.32. The van der Waals surface area contributed by atoms with Gasteiger partial charge >= 0.3 is 0 Å². The van der Waals surface area contributed by atoms with Crippen molar-refractivity contribution in [2.45, 2.75) is 20.0 Å². The van der Waals surface area contributed by atoms with E-state index in [1.807, 2.05) is 23.6 Å². The van der Waals surface area contributed by atoms with E-state index in [4.69, 9.17) is 23.2 Å². The summed E-state index contributed by atoms with van der Waals surface area (Å²) in [7, 11) is 0. The summed E-state index contributed by atoms with van der Waals surface area (Å²) in [6.45, 7) is 7.01. The lowest BCUT2D eigenvalue weighted by atomic mass is 10.2. The molecule has 0 aliphatic rings. The second-order valence-corrected chi connectivity index (χ2v) is 6.85. The van der Waals surface area contributed by atoms with Gasteiger partial charge in [0, 0.05) is 23.7 Å². The Balaban J connectivity index is 1.96. The number of carbonyl (C=O) groups excluding carboxylic acids is 1. The van der Waals surface area contributed by atoms with Crippen molar-refractivity contribution >= 4 is 40.1 Å². The van der Waals surface area contributed by atoms with Crippen LogP contribution in [-0.2, 0) is 13.1 Å². The Morgan fingerprint density at radius 1 is 1.30 bits per heavy atom. The summed E-state index contributed by atoms with van der Waals surface area (Å²) < 4.78 is 15.4. The lowest BCUT2D eigenvalue weighted by molar-refractivity contribution is 0.0757. The zero-order valence-corrected chi connectivity index (χ0v) is 16.3. The third kappa shape index (κ3) is 3.99. The highest BCUT2D eigenvalue weighted by Crippen LogP contribution is 2.23. The number of hydrogen-bond donors (Lipinski definition) is 0. The number of aromatic nitrogens is 2. The smallest absolute Gasteiger partial charge is 0.254 e. The molecular weight excluding hydrogens is 388 g/mol. The van der Waals surface area contributed by atoms with Crippen LogP contribution in [0.4, 0.5) is 4.39 Å². The molecule has 3 rings (SSSR count). The van der Waals surface area contributed by atoms with E-state index in [0.717, 1.165) is 16.9 Å². The first-order valence-corrected chi connectivity index (χ1v) is 9.20. The predicted molar refractivity (Wildman–Crippen MR) is 107 cm³/mol. The van der Waals surface area contributed by atoms with E-state index in [2.05, 4.69) is 11.6 Å². The molecule has 0 unspecified atom stereocenters. The Hall–Kier alpha value is -2.37. The van der Waals surface area contributed by atoms with Crippen LogP contribution in [0.15, 0.2) is 49.1 Å². The number of rotatable bonds is 6. The fraction of sp³-hybridized carbons (Fsp3) is 0.200. The Morgan fingerprint density at radius 2 is 2.07 bits per heavy atom.